The van der Waals surface area contributed by atoms with Crippen LogP contribution in [0.1, 0.15) is 12.0 Å². The molecule has 3 nitrogen and oxygen atoms in total. The first-order chi connectivity index (χ1) is 7.24. The number of hydrogen-bond acceptors (Lipinski definition) is 3. The van der Waals surface area contributed by atoms with E-state index in [1.807, 2.05) is 12.1 Å². The summed E-state index contributed by atoms with van der Waals surface area (Å²) in [6.07, 6.45) is 1.78. The van der Waals surface area contributed by atoms with Crippen molar-refractivity contribution in [3.8, 4) is 11.5 Å². The normalized spacial score (nSPS) is 10.1. The minimum Gasteiger partial charge on any atom is -0.495 e. The Morgan fingerprint density at radius 3 is 2.53 bits per heavy atom. The van der Waals surface area contributed by atoms with E-state index in [2.05, 4.69) is 0 Å². The van der Waals surface area contributed by atoms with Gasteiger partial charge in [-0.3, -0.25) is 0 Å². The lowest BCUT2D eigenvalue weighted by atomic mass is 10.1. The SMILES string of the molecule is COc1ccc(CCCN)c(OC)c1Cl. The van der Waals surface area contributed by atoms with E-state index in [9.17, 15) is 0 Å². The Balaban J connectivity index is 3.01. The predicted molar refractivity (Wildman–Crippen MR) is 61.9 cm³/mol. The van der Waals surface area contributed by atoms with Gasteiger partial charge in [0.25, 0.3) is 0 Å². The highest BCUT2D eigenvalue weighted by atomic mass is 35.5. The van der Waals surface area contributed by atoms with Crippen LogP contribution in [0.15, 0.2) is 12.1 Å². The molecule has 0 fully saturated rings. The number of methoxy groups -OCH3 is 2. The minimum atomic E-state index is 0.523. The molecule has 0 amide bonds. The first kappa shape index (κ1) is 12.1. The summed E-state index contributed by atoms with van der Waals surface area (Å²) in [5.41, 5.74) is 6.53. The highest BCUT2D eigenvalue weighted by Crippen LogP contribution is 2.37. The summed E-state index contributed by atoms with van der Waals surface area (Å²) in [6, 6.07) is 3.80. The first-order valence-corrected chi connectivity index (χ1v) is 5.21. The molecule has 84 valence electrons. The van der Waals surface area contributed by atoms with Gasteiger partial charge in [0.15, 0.2) is 0 Å². The van der Waals surface area contributed by atoms with E-state index in [1.54, 1.807) is 14.2 Å². The third-order valence-electron chi connectivity index (χ3n) is 2.22. The van der Waals surface area contributed by atoms with Crippen LogP contribution < -0.4 is 15.2 Å². The molecule has 1 aromatic carbocycles. The molecule has 0 heterocycles. The lowest BCUT2D eigenvalue weighted by molar-refractivity contribution is 0.391. The number of hydrogen-bond donors (Lipinski definition) is 1. The Labute approximate surface area is 95.1 Å². The van der Waals surface area contributed by atoms with Crippen molar-refractivity contribution >= 4 is 11.6 Å². The zero-order chi connectivity index (χ0) is 11.3. The smallest absolute Gasteiger partial charge is 0.144 e. The Bertz CT molecular complexity index is 329. The van der Waals surface area contributed by atoms with Crippen LogP contribution in [0.2, 0.25) is 5.02 Å². The standard InChI is InChI=1S/C11H16ClNO2/c1-14-9-6-5-8(4-3-7-13)11(15-2)10(9)12/h5-6H,3-4,7,13H2,1-2H3. The molecule has 0 bridgehead atoms. The number of ether oxygens (including phenoxy) is 2. The maximum Gasteiger partial charge on any atom is 0.144 e. The van der Waals surface area contributed by atoms with Crippen LogP contribution in [-0.4, -0.2) is 20.8 Å². The summed E-state index contributed by atoms with van der Waals surface area (Å²) < 4.78 is 10.4. The number of rotatable bonds is 5. The Kier molecular flexibility index (Phi) is 4.72. The van der Waals surface area contributed by atoms with Gasteiger partial charge in [0.1, 0.15) is 16.5 Å². The molecule has 0 radical (unpaired) electrons. The van der Waals surface area contributed by atoms with Gasteiger partial charge >= 0.3 is 0 Å². The summed E-state index contributed by atoms with van der Waals surface area (Å²) in [5, 5.41) is 0.523. The van der Waals surface area contributed by atoms with Crippen molar-refractivity contribution < 1.29 is 9.47 Å². The molecule has 1 rings (SSSR count). The second-order valence-electron chi connectivity index (χ2n) is 3.17. The molecule has 0 aromatic heterocycles. The average Bonchev–Trinajstić information content (AvgIpc) is 2.26. The maximum absolute atomic E-state index is 6.11. The van der Waals surface area contributed by atoms with E-state index in [4.69, 9.17) is 26.8 Å². The zero-order valence-corrected chi connectivity index (χ0v) is 9.80. The maximum atomic E-state index is 6.11. The summed E-state index contributed by atoms with van der Waals surface area (Å²) in [7, 11) is 3.19. The third-order valence-corrected chi connectivity index (χ3v) is 2.58. The topological polar surface area (TPSA) is 44.5 Å². The van der Waals surface area contributed by atoms with Gasteiger partial charge in [-0.1, -0.05) is 17.7 Å². The largest absolute Gasteiger partial charge is 0.495 e. The minimum absolute atomic E-state index is 0.523. The Morgan fingerprint density at radius 2 is 2.00 bits per heavy atom. The molecule has 0 saturated carbocycles. The average molecular weight is 230 g/mol. The van der Waals surface area contributed by atoms with Crippen molar-refractivity contribution in [1.29, 1.82) is 0 Å². The third kappa shape index (κ3) is 2.76. The fraction of sp³-hybridized carbons (Fsp3) is 0.455. The van der Waals surface area contributed by atoms with E-state index in [0.29, 0.717) is 23.1 Å². The molecule has 2 N–H and O–H groups in total. The van der Waals surface area contributed by atoms with Crippen molar-refractivity contribution in [2.45, 2.75) is 12.8 Å². The first-order valence-electron chi connectivity index (χ1n) is 4.84. The van der Waals surface area contributed by atoms with E-state index >= 15 is 0 Å². The van der Waals surface area contributed by atoms with Gasteiger partial charge in [-0.25, -0.2) is 0 Å². The molecule has 0 aliphatic rings. The quantitative estimate of drug-likeness (QED) is 0.842. The fourth-order valence-corrected chi connectivity index (χ4v) is 1.78. The van der Waals surface area contributed by atoms with Gasteiger partial charge in [-0.05, 0) is 31.0 Å². The molecule has 1 aromatic rings. The van der Waals surface area contributed by atoms with Gasteiger partial charge in [0.05, 0.1) is 14.2 Å². The molecule has 0 unspecified atom stereocenters. The van der Waals surface area contributed by atoms with Crippen LogP contribution in [0.3, 0.4) is 0 Å². The van der Waals surface area contributed by atoms with Crippen molar-refractivity contribution in [1.82, 2.24) is 0 Å². The molecule has 0 aliphatic carbocycles. The number of halogens is 1. The lowest BCUT2D eigenvalue weighted by Crippen LogP contribution is -2.02. The zero-order valence-electron chi connectivity index (χ0n) is 9.05. The van der Waals surface area contributed by atoms with Gasteiger partial charge in [0.2, 0.25) is 0 Å². The van der Waals surface area contributed by atoms with Crippen molar-refractivity contribution in [2.24, 2.45) is 5.73 Å². The van der Waals surface area contributed by atoms with Gasteiger partial charge in [-0.2, -0.15) is 0 Å². The second-order valence-corrected chi connectivity index (χ2v) is 3.54. The predicted octanol–water partition coefficient (Wildman–Crippen LogP) is 2.25. The molecule has 15 heavy (non-hydrogen) atoms. The summed E-state index contributed by atoms with van der Waals surface area (Å²) >= 11 is 6.11. The Morgan fingerprint density at radius 1 is 1.27 bits per heavy atom. The van der Waals surface area contributed by atoms with Crippen LogP contribution in [0.25, 0.3) is 0 Å². The van der Waals surface area contributed by atoms with Crippen molar-refractivity contribution in [3.05, 3.63) is 22.7 Å². The van der Waals surface area contributed by atoms with E-state index in [1.165, 1.54) is 0 Å². The molecule has 0 atom stereocenters. The molecular formula is C11H16ClNO2. The molecule has 4 heteroatoms. The molecule has 0 aliphatic heterocycles. The monoisotopic (exact) mass is 229 g/mol. The number of benzene rings is 1. The van der Waals surface area contributed by atoms with Gasteiger partial charge < -0.3 is 15.2 Å². The summed E-state index contributed by atoms with van der Waals surface area (Å²) in [4.78, 5) is 0. The lowest BCUT2D eigenvalue weighted by Gasteiger charge is -2.12. The number of nitrogens with two attached hydrogens (primary N) is 1. The van der Waals surface area contributed by atoms with Crippen LogP contribution in [0, 0.1) is 0 Å². The molecule has 0 spiro atoms. The number of aryl methyl sites for hydroxylation is 1. The highest BCUT2D eigenvalue weighted by molar-refractivity contribution is 6.33. The summed E-state index contributed by atoms with van der Waals surface area (Å²) in [5.74, 6) is 1.31. The van der Waals surface area contributed by atoms with Gasteiger partial charge in [0, 0.05) is 0 Å². The van der Waals surface area contributed by atoms with E-state index in [-0.39, 0.29) is 0 Å². The van der Waals surface area contributed by atoms with E-state index in [0.717, 1.165) is 18.4 Å². The second kappa shape index (κ2) is 5.83. The fourth-order valence-electron chi connectivity index (χ4n) is 1.45. The van der Waals surface area contributed by atoms with Crippen LogP contribution >= 0.6 is 11.6 Å². The Hall–Kier alpha value is -0.930. The van der Waals surface area contributed by atoms with Crippen LogP contribution in [-0.2, 0) is 6.42 Å². The van der Waals surface area contributed by atoms with Crippen molar-refractivity contribution in [3.63, 3.8) is 0 Å². The van der Waals surface area contributed by atoms with Crippen molar-refractivity contribution in [2.75, 3.05) is 20.8 Å². The van der Waals surface area contributed by atoms with Crippen LogP contribution in [0.5, 0.6) is 11.5 Å². The highest BCUT2D eigenvalue weighted by Gasteiger charge is 2.12. The van der Waals surface area contributed by atoms with E-state index < -0.39 is 0 Å². The van der Waals surface area contributed by atoms with Gasteiger partial charge in [-0.15, -0.1) is 0 Å². The van der Waals surface area contributed by atoms with Crippen LogP contribution in [0.4, 0.5) is 0 Å². The molecular weight excluding hydrogens is 214 g/mol. The molecule has 0 saturated heterocycles. The summed E-state index contributed by atoms with van der Waals surface area (Å²) in [6.45, 7) is 0.660.